The topological polar surface area (TPSA) is 89.8 Å². The minimum absolute atomic E-state index is 0.240. The van der Waals surface area contributed by atoms with Crippen molar-refractivity contribution in [3.8, 4) is 11.5 Å². The molecule has 0 saturated carbocycles. The van der Waals surface area contributed by atoms with Gasteiger partial charge in [0.05, 0.1) is 14.2 Å². The van der Waals surface area contributed by atoms with E-state index in [4.69, 9.17) is 9.47 Å². The molecule has 29 heavy (non-hydrogen) atoms. The molecule has 2 N–H and O–H groups in total. The van der Waals surface area contributed by atoms with Crippen LogP contribution < -0.4 is 20.1 Å². The second-order valence-electron chi connectivity index (χ2n) is 6.33. The molecular weight excluding hydrogens is 458 g/mol. The highest BCUT2D eigenvalue weighted by molar-refractivity contribution is 9.10. The Labute approximate surface area is 180 Å². The number of halogens is 1. The molecule has 156 valence electrons. The first-order valence-electron chi connectivity index (χ1n) is 8.94. The molecule has 0 bridgehead atoms. The van der Waals surface area contributed by atoms with E-state index < -0.39 is 10.8 Å². The molecule has 0 radical (unpaired) electrons. The number of hydrogen-bond acceptors (Lipinski definition) is 7. The van der Waals surface area contributed by atoms with Gasteiger partial charge in [-0.05, 0) is 35.1 Å². The van der Waals surface area contributed by atoms with Crippen LogP contribution in [0.2, 0.25) is 0 Å². The summed E-state index contributed by atoms with van der Waals surface area (Å²) in [6.45, 7) is 1.06. The van der Waals surface area contributed by atoms with Crippen molar-refractivity contribution in [1.29, 1.82) is 0 Å². The van der Waals surface area contributed by atoms with Crippen LogP contribution in [0, 0.1) is 0 Å². The SMILES string of the molecule is CNCC(c1nc(Br)c2c(NCc3ccc(OC)cc3OC)nccn12)S(C)=O. The normalized spacial score (nSPS) is 13.3. The van der Waals surface area contributed by atoms with Crippen LogP contribution in [-0.2, 0) is 17.3 Å². The fourth-order valence-corrected chi connectivity index (χ4v) is 4.52. The molecule has 2 atom stereocenters. The van der Waals surface area contributed by atoms with Gasteiger partial charge in [-0.2, -0.15) is 0 Å². The number of nitrogens with zero attached hydrogens (tertiary/aromatic N) is 3. The van der Waals surface area contributed by atoms with Crippen molar-refractivity contribution in [2.24, 2.45) is 0 Å². The highest BCUT2D eigenvalue weighted by Crippen LogP contribution is 2.30. The summed E-state index contributed by atoms with van der Waals surface area (Å²) >= 11 is 3.54. The Morgan fingerprint density at radius 3 is 2.76 bits per heavy atom. The Balaban J connectivity index is 1.94. The Hall–Kier alpha value is -2.17. The van der Waals surface area contributed by atoms with Crippen molar-refractivity contribution in [2.45, 2.75) is 11.8 Å². The van der Waals surface area contributed by atoms with Gasteiger partial charge >= 0.3 is 0 Å². The van der Waals surface area contributed by atoms with Crippen LogP contribution in [0.3, 0.4) is 0 Å². The smallest absolute Gasteiger partial charge is 0.153 e. The van der Waals surface area contributed by atoms with Crippen molar-refractivity contribution in [3.63, 3.8) is 0 Å². The van der Waals surface area contributed by atoms with Gasteiger partial charge < -0.3 is 20.1 Å². The summed E-state index contributed by atoms with van der Waals surface area (Å²) in [5.41, 5.74) is 1.76. The van der Waals surface area contributed by atoms with E-state index in [1.54, 1.807) is 26.7 Å². The molecule has 0 saturated heterocycles. The second-order valence-corrected chi connectivity index (χ2v) is 8.65. The first-order chi connectivity index (χ1) is 14.0. The van der Waals surface area contributed by atoms with Crippen LogP contribution in [0.15, 0.2) is 35.2 Å². The van der Waals surface area contributed by atoms with E-state index in [2.05, 4.69) is 36.5 Å². The number of imidazole rings is 1. The maximum atomic E-state index is 12.3. The lowest BCUT2D eigenvalue weighted by molar-refractivity contribution is 0.391. The monoisotopic (exact) mass is 481 g/mol. The van der Waals surface area contributed by atoms with E-state index in [0.29, 0.717) is 23.5 Å². The lowest BCUT2D eigenvalue weighted by atomic mass is 10.2. The van der Waals surface area contributed by atoms with Gasteiger partial charge in [0.2, 0.25) is 0 Å². The van der Waals surface area contributed by atoms with Gasteiger partial charge in [-0.3, -0.25) is 8.61 Å². The lowest BCUT2D eigenvalue weighted by Gasteiger charge is -2.14. The molecule has 3 rings (SSSR count). The molecule has 1 aromatic carbocycles. The van der Waals surface area contributed by atoms with Crippen LogP contribution in [0.25, 0.3) is 5.52 Å². The number of hydrogen-bond donors (Lipinski definition) is 2. The number of likely N-dealkylation sites (N-methyl/N-ethyl adjacent to an activating group) is 1. The molecule has 10 heteroatoms. The Kier molecular flexibility index (Phi) is 7.09. The van der Waals surface area contributed by atoms with Gasteiger partial charge in [-0.25, -0.2) is 9.97 Å². The van der Waals surface area contributed by atoms with Gasteiger partial charge in [-0.1, -0.05) is 0 Å². The third-order valence-electron chi connectivity index (χ3n) is 4.56. The zero-order valence-corrected chi connectivity index (χ0v) is 19.1. The number of benzene rings is 1. The van der Waals surface area contributed by atoms with Gasteiger partial charge in [0, 0.05) is 54.2 Å². The number of nitrogens with one attached hydrogen (secondary N) is 2. The average Bonchev–Trinajstić information content (AvgIpc) is 3.06. The highest BCUT2D eigenvalue weighted by atomic mass is 79.9. The van der Waals surface area contributed by atoms with E-state index in [1.807, 2.05) is 35.8 Å². The summed E-state index contributed by atoms with van der Waals surface area (Å²) in [5, 5.41) is 6.20. The molecule has 2 aromatic heterocycles. The predicted molar refractivity (Wildman–Crippen MR) is 118 cm³/mol. The minimum Gasteiger partial charge on any atom is -0.497 e. The van der Waals surface area contributed by atoms with Gasteiger partial charge in [0.1, 0.15) is 32.7 Å². The van der Waals surface area contributed by atoms with E-state index in [0.717, 1.165) is 28.4 Å². The zero-order chi connectivity index (χ0) is 21.0. The molecule has 0 fully saturated rings. The molecule has 0 aliphatic carbocycles. The number of aromatic nitrogens is 3. The quantitative estimate of drug-likeness (QED) is 0.485. The standard InChI is InChI=1S/C19H24BrN5O3S/c1-21-11-15(29(4)26)19-24-17(20)16-18(22-7-8-25(16)19)23-10-12-5-6-13(27-2)9-14(12)28-3/h5-9,15,21H,10-11H2,1-4H3,(H,22,23). The van der Waals surface area contributed by atoms with Gasteiger partial charge in [0.15, 0.2) is 5.82 Å². The van der Waals surface area contributed by atoms with E-state index in [-0.39, 0.29) is 5.25 Å². The summed E-state index contributed by atoms with van der Waals surface area (Å²) in [4.78, 5) is 9.10. The average molecular weight is 482 g/mol. The van der Waals surface area contributed by atoms with Crippen LogP contribution in [-0.4, -0.2) is 52.6 Å². The number of fused-ring (bicyclic) bond motifs is 1. The number of rotatable bonds is 9. The maximum absolute atomic E-state index is 12.3. The maximum Gasteiger partial charge on any atom is 0.153 e. The van der Waals surface area contributed by atoms with Gasteiger partial charge in [0.25, 0.3) is 0 Å². The summed E-state index contributed by atoms with van der Waals surface area (Å²) in [7, 11) is 4.00. The zero-order valence-electron chi connectivity index (χ0n) is 16.7. The first-order valence-corrected chi connectivity index (χ1v) is 11.4. The van der Waals surface area contributed by atoms with Crippen LogP contribution in [0.1, 0.15) is 16.6 Å². The van der Waals surface area contributed by atoms with E-state index in [9.17, 15) is 4.21 Å². The molecule has 0 amide bonds. The van der Waals surface area contributed by atoms with Crippen LogP contribution >= 0.6 is 15.9 Å². The molecule has 2 unspecified atom stereocenters. The first kappa shape index (κ1) is 21.5. The molecule has 3 aromatic rings. The number of ether oxygens (including phenoxy) is 2. The Bertz CT molecular complexity index is 1030. The summed E-state index contributed by atoms with van der Waals surface area (Å²) in [5.74, 6) is 2.85. The summed E-state index contributed by atoms with van der Waals surface area (Å²) in [6, 6.07) is 5.68. The molecular formula is C19H24BrN5O3S. The number of anilines is 1. The summed E-state index contributed by atoms with van der Waals surface area (Å²) in [6.07, 6.45) is 5.22. The van der Waals surface area contributed by atoms with Crippen molar-refractivity contribution in [1.82, 2.24) is 19.7 Å². The van der Waals surface area contributed by atoms with E-state index in [1.165, 1.54) is 0 Å². The fourth-order valence-electron chi connectivity index (χ4n) is 3.10. The van der Waals surface area contributed by atoms with Crippen LogP contribution in [0.4, 0.5) is 5.82 Å². The molecule has 8 nitrogen and oxygen atoms in total. The lowest BCUT2D eigenvalue weighted by Crippen LogP contribution is -2.22. The minimum atomic E-state index is -1.08. The van der Waals surface area contributed by atoms with Crippen molar-refractivity contribution < 1.29 is 13.7 Å². The Morgan fingerprint density at radius 2 is 2.10 bits per heavy atom. The Morgan fingerprint density at radius 1 is 1.31 bits per heavy atom. The molecule has 0 spiro atoms. The molecule has 2 heterocycles. The second kappa shape index (κ2) is 9.55. The largest absolute Gasteiger partial charge is 0.497 e. The molecule has 0 aliphatic rings. The van der Waals surface area contributed by atoms with Crippen molar-refractivity contribution in [2.75, 3.05) is 39.4 Å². The third-order valence-corrected chi connectivity index (χ3v) is 6.29. The van der Waals surface area contributed by atoms with Gasteiger partial charge in [-0.15, -0.1) is 0 Å². The van der Waals surface area contributed by atoms with Crippen LogP contribution in [0.5, 0.6) is 11.5 Å². The predicted octanol–water partition coefficient (Wildman–Crippen LogP) is 2.76. The van der Waals surface area contributed by atoms with Crippen molar-refractivity contribution >= 4 is 38.1 Å². The number of methoxy groups -OCH3 is 2. The third kappa shape index (κ3) is 4.54. The molecule has 0 aliphatic heterocycles. The summed E-state index contributed by atoms with van der Waals surface area (Å²) < 4.78 is 25.5. The van der Waals surface area contributed by atoms with Crippen molar-refractivity contribution in [3.05, 3.63) is 46.6 Å². The highest BCUT2D eigenvalue weighted by Gasteiger charge is 2.23. The fraction of sp³-hybridized carbons (Fsp3) is 0.368. The van der Waals surface area contributed by atoms with E-state index >= 15 is 0 Å².